The van der Waals surface area contributed by atoms with Gasteiger partial charge < -0.3 is 4.74 Å². The van der Waals surface area contributed by atoms with Gasteiger partial charge in [0.25, 0.3) is 0 Å². The lowest BCUT2D eigenvalue weighted by atomic mass is 10.1. The number of hydrogen-bond acceptors (Lipinski definition) is 2. The summed E-state index contributed by atoms with van der Waals surface area (Å²) in [7, 11) is 0. The summed E-state index contributed by atoms with van der Waals surface area (Å²) >= 11 is 3.43. The summed E-state index contributed by atoms with van der Waals surface area (Å²) in [4.78, 5) is 11.5. The van der Waals surface area contributed by atoms with Crippen molar-refractivity contribution in [1.29, 1.82) is 0 Å². The Labute approximate surface area is 127 Å². The number of Topliss-reactive ketones (excluding diaryl/α,β-unsaturated/α-hetero) is 1. The predicted molar refractivity (Wildman–Crippen MR) is 85.0 cm³/mol. The van der Waals surface area contributed by atoms with Gasteiger partial charge in [0.15, 0.2) is 11.9 Å². The van der Waals surface area contributed by atoms with Crippen LogP contribution in [0.3, 0.4) is 0 Å². The first-order valence-electron chi connectivity index (χ1n) is 6.65. The second-order valence-corrected chi connectivity index (χ2v) is 5.53. The average molecular weight is 333 g/mol. The van der Waals surface area contributed by atoms with Gasteiger partial charge in [-0.15, -0.1) is 0 Å². The van der Waals surface area contributed by atoms with Crippen molar-refractivity contribution >= 4 is 21.7 Å². The number of ketones is 1. The molecular weight excluding hydrogens is 316 g/mol. The van der Waals surface area contributed by atoms with Crippen molar-refractivity contribution in [3.8, 4) is 16.9 Å². The van der Waals surface area contributed by atoms with E-state index < -0.39 is 6.10 Å². The van der Waals surface area contributed by atoms with Gasteiger partial charge in [-0.2, -0.15) is 0 Å². The molecule has 2 rings (SSSR count). The molecule has 0 aromatic heterocycles. The quantitative estimate of drug-likeness (QED) is 0.781. The predicted octanol–water partition coefficient (Wildman–Crippen LogP) is 4.86. The summed E-state index contributed by atoms with van der Waals surface area (Å²) in [6.07, 6.45) is 0.108. The van der Waals surface area contributed by atoms with Gasteiger partial charge in [0.2, 0.25) is 0 Å². The Morgan fingerprint density at radius 2 is 1.55 bits per heavy atom. The van der Waals surface area contributed by atoms with Crippen molar-refractivity contribution in [1.82, 2.24) is 0 Å². The number of rotatable bonds is 5. The molecule has 3 heteroatoms. The third-order valence-corrected chi connectivity index (χ3v) is 3.68. The van der Waals surface area contributed by atoms with Gasteiger partial charge >= 0.3 is 0 Å². The number of hydrogen-bond donors (Lipinski definition) is 0. The molecule has 0 N–H and O–H groups in total. The van der Waals surface area contributed by atoms with E-state index in [0.29, 0.717) is 6.42 Å². The van der Waals surface area contributed by atoms with Crippen LogP contribution in [0.25, 0.3) is 11.1 Å². The molecule has 104 valence electrons. The van der Waals surface area contributed by atoms with E-state index in [-0.39, 0.29) is 5.78 Å². The topological polar surface area (TPSA) is 26.3 Å². The maximum absolute atomic E-state index is 11.5. The fraction of sp³-hybridized carbons (Fsp3) is 0.235. The van der Waals surface area contributed by atoms with Crippen LogP contribution in [0, 0.1) is 0 Å². The van der Waals surface area contributed by atoms with E-state index in [2.05, 4.69) is 28.1 Å². The minimum atomic E-state index is -0.390. The van der Waals surface area contributed by atoms with Crippen LogP contribution < -0.4 is 4.74 Å². The van der Waals surface area contributed by atoms with Gasteiger partial charge in [-0.05, 0) is 42.3 Å². The van der Waals surface area contributed by atoms with Crippen molar-refractivity contribution in [2.45, 2.75) is 26.4 Å². The Hall–Kier alpha value is -1.61. The highest BCUT2D eigenvalue weighted by Crippen LogP contribution is 2.24. The first-order chi connectivity index (χ1) is 9.60. The summed E-state index contributed by atoms with van der Waals surface area (Å²) in [6, 6.07) is 16.0. The average Bonchev–Trinajstić information content (AvgIpc) is 2.48. The molecule has 2 aromatic carbocycles. The number of carbonyl (C=O) groups excluding carboxylic acids is 1. The minimum absolute atomic E-state index is 0.113. The molecule has 0 aliphatic heterocycles. The highest BCUT2D eigenvalue weighted by Gasteiger charge is 2.11. The van der Waals surface area contributed by atoms with E-state index in [9.17, 15) is 4.79 Å². The Kier molecular flexibility index (Phi) is 4.96. The van der Waals surface area contributed by atoms with Gasteiger partial charge in [-0.3, -0.25) is 4.79 Å². The largest absolute Gasteiger partial charge is 0.483 e. The number of ether oxygens (including phenoxy) is 1. The second-order valence-electron chi connectivity index (χ2n) is 4.61. The molecule has 1 atom stereocenters. The third kappa shape index (κ3) is 3.70. The molecule has 0 amide bonds. The minimum Gasteiger partial charge on any atom is -0.483 e. The molecule has 0 saturated heterocycles. The molecule has 0 radical (unpaired) electrons. The van der Waals surface area contributed by atoms with Crippen LogP contribution in [-0.4, -0.2) is 11.9 Å². The fourth-order valence-corrected chi connectivity index (χ4v) is 2.19. The molecule has 0 fully saturated rings. The molecule has 20 heavy (non-hydrogen) atoms. The highest BCUT2D eigenvalue weighted by atomic mass is 79.9. The molecule has 2 aromatic rings. The number of carbonyl (C=O) groups is 1. The van der Waals surface area contributed by atoms with Crippen LogP contribution in [0.2, 0.25) is 0 Å². The molecule has 0 saturated carbocycles. The zero-order chi connectivity index (χ0) is 14.5. The van der Waals surface area contributed by atoms with Crippen LogP contribution in [0.1, 0.15) is 20.3 Å². The molecule has 0 aliphatic rings. The Morgan fingerprint density at radius 1 is 1.05 bits per heavy atom. The highest BCUT2D eigenvalue weighted by molar-refractivity contribution is 9.10. The summed E-state index contributed by atoms with van der Waals surface area (Å²) in [5, 5.41) is 0. The number of benzene rings is 2. The lowest BCUT2D eigenvalue weighted by molar-refractivity contribution is -0.124. The third-order valence-electron chi connectivity index (χ3n) is 3.15. The molecule has 0 spiro atoms. The van der Waals surface area contributed by atoms with Crippen molar-refractivity contribution in [2.75, 3.05) is 0 Å². The summed E-state index contributed by atoms with van der Waals surface area (Å²) in [5.74, 6) is 0.835. The van der Waals surface area contributed by atoms with Crippen LogP contribution in [0.4, 0.5) is 0 Å². The smallest absolute Gasteiger partial charge is 0.172 e. The van der Waals surface area contributed by atoms with Crippen molar-refractivity contribution in [3.05, 3.63) is 53.0 Å². The van der Waals surface area contributed by atoms with E-state index in [1.807, 2.05) is 43.3 Å². The van der Waals surface area contributed by atoms with Gasteiger partial charge in [-0.25, -0.2) is 0 Å². The standard InChI is InChI=1S/C17H17BrO2/c1-3-17(19)12(2)20-16-10-6-14(7-11-16)13-4-8-15(18)9-5-13/h4-12H,3H2,1-2H3. The Balaban J connectivity index is 2.10. The monoisotopic (exact) mass is 332 g/mol. The van der Waals surface area contributed by atoms with Gasteiger partial charge in [0.1, 0.15) is 5.75 Å². The number of halogens is 1. The molecule has 0 heterocycles. The Morgan fingerprint density at radius 3 is 2.05 bits per heavy atom. The Bertz CT molecular complexity index is 573. The van der Waals surface area contributed by atoms with Crippen LogP contribution in [-0.2, 0) is 4.79 Å². The lowest BCUT2D eigenvalue weighted by Gasteiger charge is -2.13. The van der Waals surface area contributed by atoms with Gasteiger partial charge in [-0.1, -0.05) is 47.1 Å². The zero-order valence-corrected chi connectivity index (χ0v) is 13.2. The maximum atomic E-state index is 11.5. The van der Waals surface area contributed by atoms with E-state index in [1.54, 1.807) is 6.92 Å². The van der Waals surface area contributed by atoms with E-state index in [0.717, 1.165) is 21.3 Å². The first-order valence-corrected chi connectivity index (χ1v) is 7.45. The fourth-order valence-electron chi connectivity index (χ4n) is 1.93. The van der Waals surface area contributed by atoms with Gasteiger partial charge in [0.05, 0.1) is 0 Å². The molecular formula is C17H17BrO2. The molecule has 0 bridgehead atoms. The van der Waals surface area contributed by atoms with E-state index >= 15 is 0 Å². The van der Waals surface area contributed by atoms with Gasteiger partial charge in [0, 0.05) is 10.9 Å². The normalized spacial score (nSPS) is 11.9. The van der Waals surface area contributed by atoms with E-state index in [4.69, 9.17) is 4.74 Å². The van der Waals surface area contributed by atoms with Crippen LogP contribution in [0.5, 0.6) is 5.75 Å². The first kappa shape index (κ1) is 14.8. The van der Waals surface area contributed by atoms with Crippen molar-refractivity contribution in [2.24, 2.45) is 0 Å². The summed E-state index contributed by atoms with van der Waals surface area (Å²) < 4.78 is 6.68. The summed E-state index contributed by atoms with van der Waals surface area (Å²) in [6.45, 7) is 3.63. The SMILES string of the molecule is CCC(=O)C(C)Oc1ccc(-c2ccc(Br)cc2)cc1. The zero-order valence-electron chi connectivity index (χ0n) is 11.6. The molecule has 1 unspecified atom stereocenters. The molecule has 0 aliphatic carbocycles. The van der Waals surface area contributed by atoms with Crippen molar-refractivity contribution in [3.63, 3.8) is 0 Å². The van der Waals surface area contributed by atoms with Crippen molar-refractivity contribution < 1.29 is 9.53 Å². The molecule has 2 nitrogen and oxygen atoms in total. The van der Waals surface area contributed by atoms with Crippen LogP contribution in [0.15, 0.2) is 53.0 Å². The van der Waals surface area contributed by atoms with E-state index in [1.165, 1.54) is 0 Å². The lowest BCUT2D eigenvalue weighted by Crippen LogP contribution is -2.22. The second kappa shape index (κ2) is 6.71. The summed E-state index contributed by atoms with van der Waals surface area (Å²) in [5.41, 5.74) is 2.27. The van der Waals surface area contributed by atoms with Crippen LogP contribution >= 0.6 is 15.9 Å². The maximum Gasteiger partial charge on any atom is 0.172 e.